The number of rotatable bonds is 7. The van der Waals surface area contributed by atoms with Gasteiger partial charge < -0.3 is 13.9 Å². The second-order valence-corrected chi connectivity index (χ2v) is 23.6. The van der Waals surface area contributed by atoms with Crippen LogP contribution < -0.4 is 9.30 Å². The summed E-state index contributed by atoms with van der Waals surface area (Å²) in [6, 6.07) is 79.8. The van der Waals surface area contributed by atoms with Crippen molar-refractivity contribution in [3.8, 4) is 50.9 Å². The number of hydrogen-bond acceptors (Lipinski definition) is 2. The summed E-state index contributed by atoms with van der Waals surface area (Å²) in [6.45, 7) is 6.72. The Hall–Kier alpha value is -8.11. The molecule has 0 saturated carbocycles. The second-order valence-electron chi connectivity index (χ2n) is 23.6. The van der Waals surface area contributed by atoms with Crippen LogP contribution in [-0.2, 0) is 77.8 Å². The molecule has 0 unspecified atom stereocenters. The number of aromatic nitrogens is 4. The van der Waals surface area contributed by atoms with Crippen molar-refractivity contribution < 1.29 is 30.4 Å². The molecule has 20 rings (SSSR count). The summed E-state index contributed by atoms with van der Waals surface area (Å²) in [4.78, 5) is 4.92. The van der Waals surface area contributed by atoms with E-state index >= 15 is 0 Å². The molecule has 8 aliphatic carbocycles. The number of ether oxygens (including phenoxy) is 1. The predicted molar refractivity (Wildman–Crippen MR) is 331 cm³/mol. The molecule has 0 atom stereocenters. The molecule has 8 aliphatic rings. The Balaban J connectivity index is 0.00000631. The third-order valence-corrected chi connectivity index (χ3v) is 17.1. The zero-order valence-electron chi connectivity index (χ0n) is 47.1. The first-order valence-electron chi connectivity index (χ1n) is 29.4. The number of nitrogens with zero attached hydrogens (tertiary/aromatic N) is 4. The fraction of sp³-hybridized carbons (Fsp3) is 0.211. The van der Waals surface area contributed by atoms with E-state index in [0.717, 1.165) is 127 Å². The zero-order valence-corrected chi connectivity index (χ0v) is 49.3. The van der Waals surface area contributed by atoms with Gasteiger partial charge in [0.05, 0.1) is 16.7 Å². The van der Waals surface area contributed by atoms with Crippen molar-refractivity contribution in [2.45, 2.75) is 103 Å². The van der Waals surface area contributed by atoms with Crippen molar-refractivity contribution in [2.24, 2.45) is 0 Å². The van der Waals surface area contributed by atoms with Crippen LogP contribution in [0.3, 0.4) is 0 Å². The van der Waals surface area contributed by atoms with Gasteiger partial charge in [0, 0.05) is 44.3 Å². The van der Waals surface area contributed by atoms with Crippen LogP contribution in [-0.4, -0.2) is 14.1 Å². The molecule has 12 aromatic rings. The molecule has 3 aromatic heterocycles. The maximum absolute atomic E-state index is 6.81. The first-order chi connectivity index (χ1) is 39.7. The average molecular weight is 1250 g/mol. The molecule has 9 aromatic carbocycles. The van der Waals surface area contributed by atoms with Gasteiger partial charge in [0.15, 0.2) is 0 Å². The van der Waals surface area contributed by atoms with Crippen molar-refractivity contribution in [1.82, 2.24) is 14.1 Å². The van der Waals surface area contributed by atoms with Gasteiger partial charge >= 0.3 is 0 Å². The number of benzene rings is 9. The van der Waals surface area contributed by atoms with Gasteiger partial charge in [-0.2, -0.15) is 18.2 Å². The van der Waals surface area contributed by atoms with E-state index in [0.29, 0.717) is 11.5 Å². The number of hydrogen-bond donors (Lipinski definition) is 0. The number of fused-ring (bicyclic) bond motifs is 4. The fourth-order valence-electron chi connectivity index (χ4n) is 12.7. The largest absolute Gasteiger partial charge is 0.510 e. The summed E-state index contributed by atoms with van der Waals surface area (Å²) in [5.41, 5.74) is 23.5. The Morgan fingerprint density at radius 3 is 1.62 bits per heavy atom. The summed E-state index contributed by atoms with van der Waals surface area (Å²) in [5, 5.41) is 2.23. The van der Waals surface area contributed by atoms with Gasteiger partial charge in [-0.1, -0.05) is 172 Å². The van der Waals surface area contributed by atoms with Crippen LogP contribution >= 0.6 is 0 Å². The van der Waals surface area contributed by atoms with E-state index in [9.17, 15) is 0 Å². The molecule has 0 N–H and O–H groups in total. The second kappa shape index (κ2) is 22.7. The van der Waals surface area contributed by atoms with E-state index < -0.39 is 0 Å². The van der Waals surface area contributed by atoms with Gasteiger partial charge in [0.25, 0.3) is 6.33 Å². The minimum absolute atomic E-state index is 0. The van der Waals surface area contributed by atoms with Gasteiger partial charge in [0.2, 0.25) is 0 Å². The summed E-state index contributed by atoms with van der Waals surface area (Å²) in [5.74, 6) is 2.04. The number of imidazole rings is 1. The third-order valence-electron chi connectivity index (χ3n) is 17.1. The standard InChI is InChI=1S/C76H66N4O.Pt/c1-76(2,3)60-44-45-77-74(48-60)80-70-27-5-4-24-64(70)65-43-42-63(50-73(65)80)81-62-23-12-22-61(49-62)78-51-79(72-29-7-6-28-71(72)78)75-66(68-46-56-18-8-14-52-30-34-54(35-31-52)16-10-20-58(68)40-38-56)25-13-26-67(75)69-47-57-19-9-15-53-32-36-55(37-33-53)17-11-21-59(69)41-39-57;/h4-7,12-13,22-48H,8-11,14-21H2,1-3H3;/q-2;. The third kappa shape index (κ3) is 10.6. The summed E-state index contributed by atoms with van der Waals surface area (Å²) in [7, 11) is 0. The summed E-state index contributed by atoms with van der Waals surface area (Å²) in [6.07, 6.45) is 18.5. The normalized spacial score (nSPS) is 13.8. The van der Waals surface area contributed by atoms with Gasteiger partial charge in [0.1, 0.15) is 5.82 Å². The molecule has 0 aliphatic heterocycles. The number of para-hydroxylation sites is 4. The van der Waals surface area contributed by atoms with E-state index in [4.69, 9.17) is 9.72 Å². The molecule has 5 nitrogen and oxygen atoms in total. The minimum atomic E-state index is -0.0374. The van der Waals surface area contributed by atoms with Crippen LogP contribution in [0.25, 0.3) is 72.3 Å². The number of aryl methyl sites for hydroxylation is 8. The molecule has 3 heterocycles. The zero-order chi connectivity index (χ0) is 54.4. The van der Waals surface area contributed by atoms with Crippen LogP contribution in [0.15, 0.2) is 200 Å². The first kappa shape index (κ1) is 53.2. The van der Waals surface area contributed by atoms with Gasteiger partial charge in [-0.05, 0) is 184 Å². The van der Waals surface area contributed by atoms with E-state index in [2.05, 4.69) is 235 Å². The molecule has 0 radical (unpaired) electrons. The molecule has 0 amide bonds. The van der Waals surface area contributed by atoms with E-state index in [1.807, 2.05) is 18.3 Å². The molecular formula is C76H66N4OPt-2. The van der Waals surface area contributed by atoms with Crippen molar-refractivity contribution in [2.75, 3.05) is 0 Å². The topological polar surface area (TPSA) is 35.9 Å². The minimum Gasteiger partial charge on any atom is -0.510 e. The average Bonchev–Trinajstić information content (AvgIpc) is 3.87. The van der Waals surface area contributed by atoms with Crippen LogP contribution in [0.4, 0.5) is 0 Å². The molecular weight excluding hydrogens is 1180 g/mol. The van der Waals surface area contributed by atoms with E-state index in [-0.39, 0.29) is 26.5 Å². The van der Waals surface area contributed by atoms with Crippen LogP contribution in [0.1, 0.15) is 96.5 Å². The smallest absolute Gasteiger partial charge is 0.268 e. The molecule has 0 spiro atoms. The van der Waals surface area contributed by atoms with Crippen LogP contribution in [0.5, 0.6) is 11.5 Å². The SMILES string of the molecule is CC(C)(C)c1ccnc(-n2c3[c-]c(Oc4[c-]c(-n5[c-][n+](-c6c(-c7cc8ccc7CCCc7ccc(cc7)CCC8)cccc6-c6cc7ccc6CCCc6ccc(cc6)CCC7)c6ccccc65)ccc4)ccc3c3ccccc32)c1.[Pt]. The Morgan fingerprint density at radius 2 is 1.00 bits per heavy atom. The Kier molecular flexibility index (Phi) is 14.7. The fourth-order valence-corrected chi connectivity index (χ4v) is 12.7. The van der Waals surface area contributed by atoms with Crippen LogP contribution in [0, 0.1) is 18.5 Å². The van der Waals surface area contributed by atoms with Crippen molar-refractivity contribution in [3.05, 3.63) is 269 Å². The maximum Gasteiger partial charge on any atom is 0.268 e. The predicted octanol–water partition coefficient (Wildman–Crippen LogP) is 17.5. The monoisotopic (exact) mass is 1250 g/mol. The van der Waals surface area contributed by atoms with Crippen molar-refractivity contribution in [3.63, 3.8) is 0 Å². The first-order valence-corrected chi connectivity index (χ1v) is 29.4. The van der Waals surface area contributed by atoms with Gasteiger partial charge in [-0.15, -0.1) is 29.7 Å². The van der Waals surface area contributed by atoms with Crippen molar-refractivity contribution >= 4 is 32.8 Å². The Morgan fingerprint density at radius 1 is 0.463 bits per heavy atom. The molecule has 408 valence electrons. The molecule has 0 fully saturated rings. The summed E-state index contributed by atoms with van der Waals surface area (Å²) < 4.78 is 13.6. The molecule has 6 heteroatoms. The molecule has 82 heavy (non-hydrogen) atoms. The van der Waals surface area contributed by atoms with Crippen LogP contribution in [0.2, 0.25) is 0 Å². The molecule has 0 saturated heterocycles. The Bertz CT molecular complexity index is 4180. The van der Waals surface area contributed by atoms with E-state index in [1.165, 1.54) is 72.3 Å². The van der Waals surface area contributed by atoms with Crippen molar-refractivity contribution in [1.29, 1.82) is 0 Å². The Labute approximate surface area is 497 Å². The number of pyridine rings is 1. The molecule has 8 bridgehead atoms. The quantitative estimate of drug-likeness (QED) is 0.118. The van der Waals surface area contributed by atoms with Gasteiger partial charge in [-0.3, -0.25) is 4.57 Å². The maximum atomic E-state index is 6.81. The summed E-state index contributed by atoms with van der Waals surface area (Å²) >= 11 is 0. The van der Waals surface area contributed by atoms with Gasteiger partial charge in [-0.25, -0.2) is 4.98 Å². The van der Waals surface area contributed by atoms with E-state index in [1.54, 1.807) is 0 Å².